The van der Waals surface area contributed by atoms with E-state index in [2.05, 4.69) is 0 Å². The van der Waals surface area contributed by atoms with Gasteiger partial charge in [-0.2, -0.15) is 0 Å². The fraction of sp³-hybridized carbons (Fsp3) is 0.286. The van der Waals surface area contributed by atoms with Crippen LogP contribution >= 0.6 is 11.8 Å². The van der Waals surface area contributed by atoms with Crippen molar-refractivity contribution >= 4 is 25.9 Å². The van der Waals surface area contributed by atoms with Crippen LogP contribution < -0.4 is 0 Å². The molecule has 0 unspecified atom stereocenters. The first-order valence-corrected chi connectivity index (χ1v) is 4.28. The smallest absolute Gasteiger partial charge is 0.142 e. The fourth-order valence-corrected chi connectivity index (χ4v) is 0.852. The summed E-state index contributed by atoms with van der Waals surface area (Å²) in [6, 6.07) is 0. The first-order valence-electron chi connectivity index (χ1n) is 3.05. The second-order valence-corrected chi connectivity index (χ2v) is 2.96. The van der Waals surface area contributed by atoms with E-state index in [0.717, 1.165) is 11.8 Å². The minimum Gasteiger partial charge on any atom is -0.299 e. The summed E-state index contributed by atoms with van der Waals surface area (Å²) in [6.07, 6.45) is 6.14. The molecule has 0 aromatic carbocycles. The van der Waals surface area contributed by atoms with Crippen LogP contribution in [-0.2, 0) is 4.79 Å². The molecule has 0 saturated heterocycles. The molecule has 0 aromatic heterocycles. The van der Waals surface area contributed by atoms with Gasteiger partial charge in [0, 0.05) is 0 Å². The van der Waals surface area contributed by atoms with Gasteiger partial charge in [-0.25, -0.2) is 0 Å². The Hall–Kier alpha value is -0.435. The molecule has 0 atom stereocenters. The highest BCUT2D eigenvalue weighted by atomic mass is 32.2. The lowest BCUT2D eigenvalue weighted by Crippen LogP contribution is -1.79. The molecule has 0 aliphatic heterocycles. The van der Waals surface area contributed by atoms with Crippen molar-refractivity contribution in [2.24, 2.45) is 0 Å². The predicted molar refractivity (Wildman–Crippen MR) is 50.0 cm³/mol. The van der Waals surface area contributed by atoms with E-state index in [9.17, 15) is 4.79 Å². The minimum absolute atomic E-state index is 0.789. The molecular formula is C7H11BOS. The van der Waals surface area contributed by atoms with Gasteiger partial charge in [-0.1, -0.05) is 11.5 Å². The molecule has 0 aliphatic carbocycles. The van der Waals surface area contributed by atoms with Gasteiger partial charge in [-0.3, -0.25) is 4.79 Å². The second-order valence-electron chi connectivity index (χ2n) is 1.94. The average molecular weight is 154 g/mol. The highest BCUT2D eigenvalue weighted by Gasteiger charge is 1.88. The van der Waals surface area contributed by atoms with E-state index in [1.54, 1.807) is 11.8 Å². The van der Waals surface area contributed by atoms with Crippen molar-refractivity contribution in [2.75, 3.05) is 6.26 Å². The number of hydrogen-bond acceptors (Lipinski definition) is 2. The normalized spacial score (nSPS) is 13.4. The molecule has 1 nitrogen and oxygen atoms in total. The molecule has 0 rings (SSSR count). The monoisotopic (exact) mass is 154 g/mol. The van der Waals surface area contributed by atoms with Crippen LogP contribution in [0.15, 0.2) is 22.5 Å². The van der Waals surface area contributed by atoms with Crippen molar-refractivity contribution in [2.45, 2.75) is 6.92 Å². The van der Waals surface area contributed by atoms with Gasteiger partial charge in [0.1, 0.15) is 14.1 Å². The van der Waals surface area contributed by atoms with Gasteiger partial charge in [0.25, 0.3) is 0 Å². The highest BCUT2D eigenvalue weighted by molar-refractivity contribution is 8.02. The molecule has 0 heterocycles. The van der Waals surface area contributed by atoms with E-state index in [1.165, 1.54) is 11.0 Å². The lowest BCUT2D eigenvalue weighted by atomic mass is 9.95. The SMILES string of the molecule is BC(/C=C/C=O)=C(\C)SC. The summed E-state index contributed by atoms with van der Waals surface area (Å²) in [6.45, 7) is 2.04. The third-order valence-electron chi connectivity index (χ3n) is 1.29. The van der Waals surface area contributed by atoms with Crippen molar-refractivity contribution in [3.8, 4) is 0 Å². The van der Waals surface area contributed by atoms with Crippen molar-refractivity contribution in [3.05, 3.63) is 22.5 Å². The number of carbonyl (C=O) groups excluding carboxylic acids is 1. The molecule has 0 spiro atoms. The maximum Gasteiger partial charge on any atom is 0.142 e. The molecule has 54 valence electrons. The number of carbonyl (C=O) groups is 1. The van der Waals surface area contributed by atoms with E-state index in [-0.39, 0.29) is 0 Å². The molecule has 10 heavy (non-hydrogen) atoms. The topological polar surface area (TPSA) is 17.1 Å². The summed E-state index contributed by atoms with van der Waals surface area (Å²) in [5.41, 5.74) is 1.15. The Balaban J connectivity index is 4.17. The highest BCUT2D eigenvalue weighted by Crippen LogP contribution is 2.13. The third-order valence-corrected chi connectivity index (χ3v) is 2.22. The maximum atomic E-state index is 9.90. The lowest BCUT2D eigenvalue weighted by molar-refractivity contribution is -0.104. The summed E-state index contributed by atoms with van der Waals surface area (Å²) >= 11 is 1.70. The van der Waals surface area contributed by atoms with Gasteiger partial charge in [0.15, 0.2) is 0 Å². The first kappa shape index (κ1) is 9.56. The van der Waals surface area contributed by atoms with Crippen LogP contribution in [0.2, 0.25) is 0 Å². The number of thioether (sulfide) groups is 1. The van der Waals surface area contributed by atoms with Crippen LogP contribution in [-0.4, -0.2) is 20.4 Å². The zero-order valence-electron chi connectivity index (χ0n) is 6.55. The summed E-state index contributed by atoms with van der Waals surface area (Å²) in [7, 11) is 1.99. The first-order chi connectivity index (χ1) is 4.72. The fourth-order valence-electron chi connectivity index (χ4n) is 0.462. The Morgan fingerprint density at radius 2 is 2.20 bits per heavy atom. The van der Waals surface area contributed by atoms with Gasteiger partial charge in [0.2, 0.25) is 0 Å². The summed E-state index contributed by atoms with van der Waals surface area (Å²) in [4.78, 5) is 11.2. The van der Waals surface area contributed by atoms with Gasteiger partial charge < -0.3 is 0 Å². The Bertz CT molecular complexity index is 172. The molecule has 0 aromatic rings. The van der Waals surface area contributed by atoms with Crippen molar-refractivity contribution in [1.82, 2.24) is 0 Å². The maximum absolute atomic E-state index is 9.90. The van der Waals surface area contributed by atoms with Crippen LogP contribution in [0, 0.1) is 0 Å². The lowest BCUT2D eigenvalue weighted by Gasteiger charge is -1.96. The molecule has 0 radical (unpaired) electrons. The van der Waals surface area contributed by atoms with Gasteiger partial charge >= 0.3 is 0 Å². The number of rotatable bonds is 3. The van der Waals surface area contributed by atoms with Crippen molar-refractivity contribution in [3.63, 3.8) is 0 Å². The van der Waals surface area contributed by atoms with E-state index in [4.69, 9.17) is 0 Å². The van der Waals surface area contributed by atoms with Crippen LogP contribution in [0.3, 0.4) is 0 Å². The molecule has 0 N–H and O–H groups in total. The Labute approximate surface area is 67.0 Å². The quantitative estimate of drug-likeness (QED) is 0.261. The van der Waals surface area contributed by atoms with Gasteiger partial charge in [0.05, 0.1) is 0 Å². The van der Waals surface area contributed by atoms with E-state index in [0.29, 0.717) is 0 Å². The molecule has 0 fully saturated rings. The Kier molecular flexibility index (Phi) is 5.12. The Morgan fingerprint density at radius 1 is 1.60 bits per heavy atom. The molecule has 0 bridgehead atoms. The standard InChI is InChI=1S/C7H11BOS/c1-6(10-2)7(8)4-3-5-9/h3-5H,8H2,1-2H3/b4-3+,7-6+. The summed E-state index contributed by atoms with van der Waals surface area (Å²) < 4.78 is 0. The van der Waals surface area contributed by atoms with Crippen LogP contribution in [0.25, 0.3) is 0 Å². The van der Waals surface area contributed by atoms with Crippen LogP contribution in [0.4, 0.5) is 0 Å². The van der Waals surface area contributed by atoms with Gasteiger partial charge in [-0.05, 0) is 24.2 Å². The zero-order valence-corrected chi connectivity index (χ0v) is 7.37. The predicted octanol–water partition coefficient (Wildman–Crippen LogP) is 0.969. The van der Waals surface area contributed by atoms with Crippen molar-refractivity contribution < 1.29 is 4.79 Å². The van der Waals surface area contributed by atoms with E-state index < -0.39 is 0 Å². The third kappa shape index (κ3) is 3.56. The largest absolute Gasteiger partial charge is 0.299 e. The van der Waals surface area contributed by atoms with Crippen molar-refractivity contribution in [1.29, 1.82) is 0 Å². The van der Waals surface area contributed by atoms with Crippen LogP contribution in [0.1, 0.15) is 6.92 Å². The number of aldehydes is 1. The van der Waals surface area contributed by atoms with E-state index >= 15 is 0 Å². The molecular weight excluding hydrogens is 143 g/mol. The molecule has 0 aliphatic rings. The molecule has 0 amide bonds. The Morgan fingerprint density at radius 3 is 2.60 bits per heavy atom. The van der Waals surface area contributed by atoms with Crippen LogP contribution in [0.5, 0.6) is 0 Å². The summed E-state index contributed by atoms with van der Waals surface area (Å²) in [5, 5.41) is 0. The molecule has 3 heteroatoms. The number of allylic oxidation sites excluding steroid dienone is 4. The second kappa shape index (κ2) is 5.36. The minimum atomic E-state index is 0.789. The zero-order chi connectivity index (χ0) is 7.98. The van der Waals surface area contributed by atoms with Gasteiger partial charge in [-0.15, -0.1) is 11.8 Å². The van der Waals surface area contributed by atoms with E-state index in [1.807, 2.05) is 27.1 Å². The number of hydrogen-bond donors (Lipinski definition) is 0. The summed E-state index contributed by atoms with van der Waals surface area (Å²) in [5.74, 6) is 0. The average Bonchev–Trinajstić information content (AvgIpc) is 1.98. The molecule has 0 saturated carbocycles.